The normalized spacial score (nSPS) is 13.4. The van der Waals surface area contributed by atoms with Crippen molar-refractivity contribution in [3.63, 3.8) is 0 Å². The maximum atomic E-state index is 13.6. The number of rotatable bonds is 8. The molecule has 0 saturated carbocycles. The summed E-state index contributed by atoms with van der Waals surface area (Å²) in [7, 11) is 3.14. The number of imide groups is 1. The first-order valence-electron chi connectivity index (χ1n) is 10.5. The third-order valence-electron chi connectivity index (χ3n) is 5.21. The number of amides is 2. The van der Waals surface area contributed by atoms with Gasteiger partial charge in [0.05, 0.1) is 32.1 Å². The first kappa shape index (κ1) is 22.0. The average molecular weight is 444 g/mol. The van der Waals surface area contributed by atoms with Gasteiger partial charge < -0.3 is 19.5 Å². The van der Waals surface area contributed by atoms with Crippen molar-refractivity contribution in [1.29, 1.82) is 0 Å². The van der Waals surface area contributed by atoms with Crippen molar-refractivity contribution in [2.75, 3.05) is 31.0 Å². The second-order valence-corrected chi connectivity index (χ2v) is 7.18. The van der Waals surface area contributed by atoms with E-state index in [1.54, 1.807) is 87.0 Å². The molecule has 0 saturated heterocycles. The molecule has 0 bridgehead atoms. The van der Waals surface area contributed by atoms with E-state index in [0.717, 1.165) is 4.90 Å². The maximum absolute atomic E-state index is 13.6. The number of hydrogen-bond donors (Lipinski definition) is 1. The number of ether oxygens (including phenoxy) is 3. The van der Waals surface area contributed by atoms with Crippen LogP contribution >= 0.6 is 0 Å². The monoisotopic (exact) mass is 444 g/mol. The summed E-state index contributed by atoms with van der Waals surface area (Å²) >= 11 is 0. The Morgan fingerprint density at radius 1 is 0.818 bits per heavy atom. The van der Waals surface area contributed by atoms with Crippen molar-refractivity contribution in [1.82, 2.24) is 0 Å². The first-order valence-corrected chi connectivity index (χ1v) is 10.5. The molecule has 3 aromatic rings. The smallest absolute Gasteiger partial charge is 0.282 e. The van der Waals surface area contributed by atoms with Gasteiger partial charge in [0.25, 0.3) is 11.8 Å². The van der Waals surface area contributed by atoms with Crippen LogP contribution in [-0.4, -0.2) is 32.6 Å². The lowest BCUT2D eigenvalue weighted by molar-refractivity contribution is -0.120. The highest BCUT2D eigenvalue weighted by molar-refractivity contribution is 6.46. The van der Waals surface area contributed by atoms with Gasteiger partial charge in [-0.1, -0.05) is 30.3 Å². The zero-order chi connectivity index (χ0) is 23.4. The molecule has 1 aliphatic rings. The molecule has 7 nitrogen and oxygen atoms in total. The zero-order valence-corrected chi connectivity index (χ0v) is 18.6. The predicted octanol–water partition coefficient (Wildman–Crippen LogP) is 4.50. The maximum Gasteiger partial charge on any atom is 0.282 e. The van der Waals surface area contributed by atoms with Crippen LogP contribution in [-0.2, 0) is 9.59 Å². The molecule has 0 unspecified atom stereocenters. The number of carbonyl (C=O) groups is 2. The highest BCUT2D eigenvalue weighted by Gasteiger charge is 2.41. The van der Waals surface area contributed by atoms with Crippen LogP contribution in [0.2, 0.25) is 0 Å². The summed E-state index contributed by atoms with van der Waals surface area (Å²) in [6, 6.07) is 21.2. The van der Waals surface area contributed by atoms with E-state index in [4.69, 9.17) is 14.2 Å². The van der Waals surface area contributed by atoms with E-state index in [-0.39, 0.29) is 11.3 Å². The van der Waals surface area contributed by atoms with E-state index in [9.17, 15) is 9.59 Å². The Kier molecular flexibility index (Phi) is 6.31. The minimum absolute atomic E-state index is 0.171. The molecule has 0 spiro atoms. The van der Waals surface area contributed by atoms with Crippen LogP contribution in [0.3, 0.4) is 0 Å². The summed E-state index contributed by atoms with van der Waals surface area (Å²) in [5, 5.41) is 3.14. The van der Waals surface area contributed by atoms with Crippen LogP contribution in [0.15, 0.2) is 78.5 Å². The van der Waals surface area contributed by atoms with E-state index in [2.05, 4.69) is 5.32 Å². The van der Waals surface area contributed by atoms with Gasteiger partial charge in [-0.3, -0.25) is 9.59 Å². The fraction of sp³-hybridized carbons (Fsp3) is 0.154. The summed E-state index contributed by atoms with van der Waals surface area (Å²) in [6.07, 6.45) is 0. The molecule has 0 aliphatic carbocycles. The molecule has 0 atom stereocenters. The fourth-order valence-electron chi connectivity index (χ4n) is 3.65. The Morgan fingerprint density at radius 2 is 1.55 bits per heavy atom. The molecule has 4 rings (SSSR count). The van der Waals surface area contributed by atoms with Crippen LogP contribution in [0.4, 0.5) is 11.4 Å². The number of nitrogens with zero attached hydrogens (tertiary/aromatic N) is 1. The minimum atomic E-state index is -0.471. The second-order valence-electron chi connectivity index (χ2n) is 7.18. The number of hydrogen-bond acceptors (Lipinski definition) is 6. The van der Waals surface area contributed by atoms with E-state index in [0.29, 0.717) is 40.8 Å². The standard InChI is InChI=1S/C26H24N2O5/c1-4-33-22-11-6-5-10-21(22)28-25(29)23(17-12-14-19(31-2)15-13-17)24(26(28)30)27-18-8-7-9-20(16-18)32-3/h5-16,27H,4H2,1-3H3. The molecule has 33 heavy (non-hydrogen) atoms. The Morgan fingerprint density at radius 3 is 2.24 bits per heavy atom. The second kappa shape index (κ2) is 9.48. The lowest BCUT2D eigenvalue weighted by Gasteiger charge is -2.19. The van der Waals surface area contributed by atoms with Crippen molar-refractivity contribution in [2.45, 2.75) is 6.92 Å². The lowest BCUT2D eigenvalue weighted by Crippen LogP contribution is -2.32. The molecule has 0 aromatic heterocycles. The molecule has 0 radical (unpaired) electrons. The number of para-hydroxylation sites is 2. The van der Waals surface area contributed by atoms with Gasteiger partial charge in [-0.15, -0.1) is 0 Å². The van der Waals surface area contributed by atoms with Crippen molar-refractivity contribution in [3.8, 4) is 17.2 Å². The van der Waals surface area contributed by atoms with Crippen LogP contribution in [0, 0.1) is 0 Å². The van der Waals surface area contributed by atoms with Gasteiger partial charge in [-0.2, -0.15) is 0 Å². The van der Waals surface area contributed by atoms with Crippen LogP contribution in [0.1, 0.15) is 12.5 Å². The number of benzene rings is 3. The molecule has 1 N–H and O–H groups in total. The first-order chi connectivity index (χ1) is 16.1. The third kappa shape index (κ3) is 4.25. The van der Waals surface area contributed by atoms with Gasteiger partial charge in [0.1, 0.15) is 22.9 Å². The average Bonchev–Trinajstić information content (AvgIpc) is 3.09. The molecule has 0 fully saturated rings. The van der Waals surface area contributed by atoms with Crippen molar-refractivity contribution >= 4 is 28.8 Å². The molecule has 168 valence electrons. The van der Waals surface area contributed by atoms with Gasteiger partial charge in [0.15, 0.2) is 0 Å². The van der Waals surface area contributed by atoms with Gasteiger partial charge in [-0.25, -0.2) is 4.90 Å². The predicted molar refractivity (Wildman–Crippen MR) is 127 cm³/mol. The highest BCUT2D eigenvalue weighted by Crippen LogP contribution is 2.38. The topological polar surface area (TPSA) is 77.1 Å². The molecule has 3 aromatic carbocycles. The van der Waals surface area contributed by atoms with Gasteiger partial charge in [0.2, 0.25) is 0 Å². The van der Waals surface area contributed by atoms with Gasteiger partial charge >= 0.3 is 0 Å². The number of methoxy groups -OCH3 is 2. The summed E-state index contributed by atoms with van der Waals surface area (Å²) in [4.78, 5) is 28.4. The molecular weight excluding hydrogens is 420 g/mol. The van der Waals surface area contributed by atoms with Crippen molar-refractivity contribution < 1.29 is 23.8 Å². The number of carbonyl (C=O) groups excluding carboxylic acids is 2. The number of nitrogens with one attached hydrogen (secondary N) is 1. The van der Waals surface area contributed by atoms with Crippen LogP contribution in [0.25, 0.3) is 5.57 Å². The Labute approximate surface area is 192 Å². The lowest BCUT2D eigenvalue weighted by atomic mass is 10.0. The van der Waals surface area contributed by atoms with Gasteiger partial charge in [-0.05, 0) is 48.9 Å². The van der Waals surface area contributed by atoms with E-state index >= 15 is 0 Å². The summed E-state index contributed by atoms with van der Waals surface area (Å²) < 4.78 is 16.2. The SMILES string of the molecule is CCOc1ccccc1N1C(=O)C(Nc2cccc(OC)c2)=C(c2ccc(OC)cc2)C1=O. The number of anilines is 2. The molecular formula is C26H24N2O5. The van der Waals surface area contributed by atoms with Crippen LogP contribution in [0.5, 0.6) is 17.2 Å². The third-order valence-corrected chi connectivity index (χ3v) is 5.21. The van der Waals surface area contributed by atoms with Gasteiger partial charge in [0, 0.05) is 11.8 Å². The van der Waals surface area contributed by atoms with E-state index < -0.39 is 11.8 Å². The van der Waals surface area contributed by atoms with E-state index in [1.807, 2.05) is 6.92 Å². The minimum Gasteiger partial charge on any atom is -0.497 e. The molecule has 7 heteroatoms. The summed E-state index contributed by atoms with van der Waals surface area (Å²) in [6.45, 7) is 2.25. The highest BCUT2D eigenvalue weighted by atomic mass is 16.5. The molecule has 2 amide bonds. The van der Waals surface area contributed by atoms with E-state index in [1.165, 1.54) is 0 Å². The largest absolute Gasteiger partial charge is 0.497 e. The zero-order valence-electron chi connectivity index (χ0n) is 18.6. The Bertz CT molecular complexity index is 1220. The summed E-state index contributed by atoms with van der Waals surface area (Å²) in [5.74, 6) is 0.820. The quantitative estimate of drug-likeness (QED) is 0.516. The molecule has 1 aliphatic heterocycles. The Balaban J connectivity index is 1.82. The fourth-order valence-corrected chi connectivity index (χ4v) is 3.65. The molecule has 1 heterocycles. The Hall–Kier alpha value is -4.26. The van der Waals surface area contributed by atoms with Crippen molar-refractivity contribution in [3.05, 3.63) is 84.1 Å². The summed E-state index contributed by atoms with van der Waals surface area (Å²) in [5.41, 5.74) is 2.04. The van der Waals surface area contributed by atoms with Crippen molar-refractivity contribution in [2.24, 2.45) is 0 Å². The van der Waals surface area contributed by atoms with Crippen LogP contribution < -0.4 is 24.4 Å².